The molecule has 0 radical (unpaired) electrons. The summed E-state index contributed by atoms with van der Waals surface area (Å²) in [5, 5.41) is 13.7. The van der Waals surface area contributed by atoms with Crippen molar-refractivity contribution in [1.29, 1.82) is 0 Å². The molecular weight excluding hydrogens is 426 g/mol. The SMILES string of the molecule is COc1cc(C(=O)N[C@@H](CO)C(=O)N2CCc3c([nH]c4ccccc34)C2)cc(OC)c1OC. The first-order chi connectivity index (χ1) is 16.0. The van der Waals surface area contributed by atoms with Crippen LogP contribution in [0.4, 0.5) is 0 Å². The molecule has 2 amide bonds. The highest BCUT2D eigenvalue weighted by atomic mass is 16.5. The number of methoxy groups -OCH3 is 3. The Morgan fingerprint density at radius 3 is 2.45 bits per heavy atom. The predicted molar refractivity (Wildman–Crippen MR) is 122 cm³/mol. The van der Waals surface area contributed by atoms with Crippen LogP contribution in [0.25, 0.3) is 10.9 Å². The molecule has 1 atom stereocenters. The van der Waals surface area contributed by atoms with Gasteiger partial charge < -0.3 is 34.5 Å². The third-order valence-electron chi connectivity index (χ3n) is 5.91. The maximum absolute atomic E-state index is 13.1. The zero-order chi connectivity index (χ0) is 23.5. The van der Waals surface area contributed by atoms with Crippen molar-refractivity contribution in [2.75, 3.05) is 34.5 Å². The average Bonchev–Trinajstić information content (AvgIpc) is 3.23. The molecule has 0 fully saturated rings. The highest BCUT2D eigenvalue weighted by molar-refractivity contribution is 5.98. The number of fused-ring (bicyclic) bond motifs is 3. The second-order valence-electron chi connectivity index (χ2n) is 7.76. The summed E-state index contributed by atoms with van der Waals surface area (Å²) in [6.07, 6.45) is 0.698. The Morgan fingerprint density at radius 2 is 1.82 bits per heavy atom. The van der Waals surface area contributed by atoms with E-state index in [1.807, 2.05) is 18.2 Å². The third kappa shape index (κ3) is 4.19. The van der Waals surface area contributed by atoms with Gasteiger partial charge in [0, 0.05) is 28.7 Å². The molecule has 9 heteroatoms. The summed E-state index contributed by atoms with van der Waals surface area (Å²) in [4.78, 5) is 31.1. The van der Waals surface area contributed by atoms with Crippen molar-refractivity contribution in [3.05, 3.63) is 53.2 Å². The molecule has 9 nitrogen and oxygen atoms in total. The summed E-state index contributed by atoms with van der Waals surface area (Å²) in [6, 6.07) is 9.94. The Bertz CT molecular complexity index is 1160. The monoisotopic (exact) mass is 453 g/mol. The largest absolute Gasteiger partial charge is 0.493 e. The molecule has 3 N–H and O–H groups in total. The fourth-order valence-electron chi connectivity index (χ4n) is 4.24. The summed E-state index contributed by atoms with van der Waals surface area (Å²) >= 11 is 0. The number of aromatic nitrogens is 1. The van der Waals surface area contributed by atoms with Crippen molar-refractivity contribution in [3.8, 4) is 17.2 Å². The molecule has 3 aromatic rings. The first-order valence-corrected chi connectivity index (χ1v) is 10.6. The Hall–Kier alpha value is -3.72. The Balaban J connectivity index is 1.51. The number of aliphatic hydroxyl groups is 1. The molecule has 0 saturated heterocycles. The Morgan fingerprint density at radius 1 is 1.12 bits per heavy atom. The van der Waals surface area contributed by atoms with Crippen LogP contribution in [0.3, 0.4) is 0 Å². The number of nitrogens with zero attached hydrogens (tertiary/aromatic N) is 1. The number of aromatic amines is 1. The summed E-state index contributed by atoms with van der Waals surface area (Å²) in [5.74, 6) is 0.105. The maximum atomic E-state index is 13.1. The van der Waals surface area contributed by atoms with Crippen molar-refractivity contribution in [3.63, 3.8) is 0 Å². The van der Waals surface area contributed by atoms with Gasteiger partial charge in [-0.3, -0.25) is 9.59 Å². The number of para-hydroxylation sites is 1. The van der Waals surface area contributed by atoms with E-state index in [4.69, 9.17) is 14.2 Å². The quantitative estimate of drug-likeness (QED) is 0.503. The van der Waals surface area contributed by atoms with Gasteiger partial charge >= 0.3 is 0 Å². The molecule has 2 aromatic carbocycles. The fraction of sp³-hybridized carbons (Fsp3) is 0.333. The Kier molecular flexibility index (Phi) is 6.41. The lowest BCUT2D eigenvalue weighted by molar-refractivity contribution is -0.135. The standard InChI is InChI=1S/C24H27N3O6/c1-31-20-10-14(11-21(32-2)22(20)33-3)23(29)26-19(13-28)24(30)27-9-8-16-15-6-4-5-7-17(15)25-18(16)12-27/h4-7,10-11,19,25,28H,8-9,12-13H2,1-3H3,(H,26,29)/t19-/m0/s1. The summed E-state index contributed by atoms with van der Waals surface area (Å²) in [6.45, 7) is 0.370. The van der Waals surface area contributed by atoms with Gasteiger partial charge in [-0.15, -0.1) is 0 Å². The molecule has 1 aliphatic rings. The number of hydrogen-bond acceptors (Lipinski definition) is 6. The molecule has 0 spiro atoms. The van der Waals surface area contributed by atoms with Crippen LogP contribution in [0.5, 0.6) is 17.2 Å². The molecule has 2 heterocycles. The van der Waals surface area contributed by atoms with E-state index < -0.39 is 18.6 Å². The van der Waals surface area contributed by atoms with Crippen LogP contribution < -0.4 is 19.5 Å². The second-order valence-corrected chi connectivity index (χ2v) is 7.76. The lowest BCUT2D eigenvalue weighted by atomic mass is 10.0. The molecule has 1 aliphatic heterocycles. The average molecular weight is 453 g/mol. The van der Waals surface area contributed by atoms with Crippen LogP contribution in [0, 0.1) is 0 Å². The van der Waals surface area contributed by atoms with Crippen LogP contribution in [0.2, 0.25) is 0 Å². The minimum Gasteiger partial charge on any atom is -0.493 e. The minimum atomic E-state index is -1.08. The van der Waals surface area contributed by atoms with E-state index in [1.165, 1.54) is 39.0 Å². The number of carbonyl (C=O) groups is 2. The fourth-order valence-corrected chi connectivity index (χ4v) is 4.24. The van der Waals surface area contributed by atoms with Gasteiger partial charge in [-0.25, -0.2) is 0 Å². The number of ether oxygens (including phenoxy) is 3. The molecule has 0 unspecified atom stereocenters. The van der Waals surface area contributed by atoms with Crippen LogP contribution in [-0.4, -0.2) is 67.3 Å². The van der Waals surface area contributed by atoms with E-state index in [9.17, 15) is 14.7 Å². The van der Waals surface area contributed by atoms with E-state index in [2.05, 4.69) is 16.4 Å². The number of carbonyl (C=O) groups excluding carboxylic acids is 2. The van der Waals surface area contributed by atoms with E-state index in [-0.39, 0.29) is 11.5 Å². The van der Waals surface area contributed by atoms with E-state index in [0.717, 1.165) is 16.6 Å². The number of H-pyrrole nitrogens is 1. The molecule has 0 bridgehead atoms. The normalized spacial score (nSPS) is 13.9. The first-order valence-electron chi connectivity index (χ1n) is 10.6. The van der Waals surface area contributed by atoms with Gasteiger partial charge in [0.15, 0.2) is 11.5 Å². The van der Waals surface area contributed by atoms with Gasteiger partial charge in [0.2, 0.25) is 11.7 Å². The third-order valence-corrected chi connectivity index (χ3v) is 5.91. The minimum absolute atomic E-state index is 0.215. The van der Waals surface area contributed by atoms with Crippen molar-refractivity contribution in [2.45, 2.75) is 19.0 Å². The summed E-state index contributed by atoms with van der Waals surface area (Å²) < 4.78 is 15.9. The van der Waals surface area contributed by atoms with Crippen LogP contribution in [0.15, 0.2) is 36.4 Å². The van der Waals surface area contributed by atoms with Gasteiger partial charge in [-0.05, 0) is 30.2 Å². The van der Waals surface area contributed by atoms with Gasteiger partial charge in [-0.1, -0.05) is 18.2 Å². The van der Waals surface area contributed by atoms with Crippen molar-refractivity contribution in [2.24, 2.45) is 0 Å². The van der Waals surface area contributed by atoms with Crippen LogP contribution >= 0.6 is 0 Å². The summed E-state index contributed by atoms with van der Waals surface area (Å²) in [5.41, 5.74) is 3.43. The molecule has 4 rings (SSSR count). The lowest BCUT2D eigenvalue weighted by Crippen LogP contribution is -2.51. The number of nitrogens with one attached hydrogen (secondary N) is 2. The van der Waals surface area contributed by atoms with E-state index >= 15 is 0 Å². The molecule has 33 heavy (non-hydrogen) atoms. The van der Waals surface area contributed by atoms with Gasteiger partial charge in [0.1, 0.15) is 6.04 Å². The first kappa shape index (κ1) is 22.5. The van der Waals surface area contributed by atoms with Gasteiger partial charge in [0.25, 0.3) is 5.91 Å². The number of hydrogen-bond donors (Lipinski definition) is 3. The van der Waals surface area contributed by atoms with Crippen LogP contribution in [0.1, 0.15) is 21.6 Å². The molecular formula is C24H27N3O6. The Labute approximate surface area is 191 Å². The van der Waals surface area contributed by atoms with E-state index in [1.54, 1.807) is 4.90 Å². The number of amides is 2. The van der Waals surface area contributed by atoms with Gasteiger partial charge in [0.05, 0.1) is 34.5 Å². The smallest absolute Gasteiger partial charge is 0.252 e. The zero-order valence-corrected chi connectivity index (χ0v) is 18.8. The number of benzene rings is 2. The number of aliphatic hydroxyl groups excluding tert-OH is 1. The van der Waals surface area contributed by atoms with Crippen molar-refractivity contribution < 1.29 is 28.9 Å². The van der Waals surface area contributed by atoms with Crippen LogP contribution in [-0.2, 0) is 17.8 Å². The van der Waals surface area contributed by atoms with Crippen molar-refractivity contribution in [1.82, 2.24) is 15.2 Å². The molecule has 0 aliphatic carbocycles. The zero-order valence-electron chi connectivity index (χ0n) is 18.8. The summed E-state index contributed by atoms with van der Waals surface area (Å²) in [7, 11) is 4.37. The van der Waals surface area contributed by atoms with Gasteiger partial charge in [-0.2, -0.15) is 0 Å². The highest BCUT2D eigenvalue weighted by Crippen LogP contribution is 2.38. The number of rotatable bonds is 7. The predicted octanol–water partition coefficient (Wildman–Crippen LogP) is 1.87. The molecule has 174 valence electrons. The highest BCUT2D eigenvalue weighted by Gasteiger charge is 2.30. The molecule has 0 saturated carbocycles. The topological polar surface area (TPSA) is 113 Å². The molecule has 1 aromatic heterocycles. The lowest BCUT2D eigenvalue weighted by Gasteiger charge is -2.30. The van der Waals surface area contributed by atoms with E-state index in [0.29, 0.717) is 36.8 Å². The van der Waals surface area contributed by atoms with Crippen molar-refractivity contribution >= 4 is 22.7 Å². The maximum Gasteiger partial charge on any atom is 0.252 e. The second kappa shape index (κ2) is 9.41.